The molecule has 1 saturated heterocycles. The second kappa shape index (κ2) is 8.65. The van der Waals surface area contributed by atoms with Gasteiger partial charge in [-0.1, -0.05) is 54.6 Å². The molecule has 1 aliphatic rings. The maximum Gasteiger partial charge on any atom is 0.253 e. The number of hydrogen-bond acceptors (Lipinski definition) is 3. The number of sulfonamides is 1. The van der Waals surface area contributed by atoms with Gasteiger partial charge in [0.1, 0.15) is 0 Å². The second-order valence-corrected chi connectivity index (χ2v) is 9.81. The van der Waals surface area contributed by atoms with Crippen LogP contribution in [0.4, 0.5) is 0 Å². The first-order valence-corrected chi connectivity index (χ1v) is 11.8. The molecule has 1 fully saturated rings. The van der Waals surface area contributed by atoms with Crippen LogP contribution in [0.5, 0.6) is 0 Å². The minimum absolute atomic E-state index is 0.0663. The van der Waals surface area contributed by atoms with Crippen molar-refractivity contribution < 1.29 is 13.2 Å². The van der Waals surface area contributed by atoms with Crippen molar-refractivity contribution in [1.29, 1.82) is 0 Å². The Hall–Kier alpha value is -2.96. The molecule has 3 aromatic rings. The largest absolute Gasteiger partial charge is 0.336 e. The summed E-state index contributed by atoms with van der Waals surface area (Å²) in [7, 11) is -3.57. The van der Waals surface area contributed by atoms with Gasteiger partial charge in [0, 0.05) is 31.7 Å². The Bertz CT molecular complexity index is 1180. The van der Waals surface area contributed by atoms with E-state index < -0.39 is 10.0 Å². The van der Waals surface area contributed by atoms with Crippen LogP contribution in [0, 0.1) is 13.8 Å². The van der Waals surface area contributed by atoms with Crippen molar-refractivity contribution in [2.24, 2.45) is 0 Å². The van der Waals surface area contributed by atoms with Gasteiger partial charge >= 0.3 is 0 Å². The zero-order valence-electron chi connectivity index (χ0n) is 17.8. The summed E-state index contributed by atoms with van der Waals surface area (Å²) in [6, 6.07) is 23.0. The van der Waals surface area contributed by atoms with Gasteiger partial charge in [-0.2, -0.15) is 4.31 Å². The van der Waals surface area contributed by atoms with Crippen molar-refractivity contribution in [2.75, 3.05) is 26.2 Å². The van der Waals surface area contributed by atoms with Gasteiger partial charge in [-0.15, -0.1) is 0 Å². The predicted octanol–water partition coefficient (Wildman–Crippen LogP) is 4.12. The number of carbonyl (C=O) groups excluding carboxylic acids is 1. The number of carbonyl (C=O) groups is 1. The smallest absolute Gasteiger partial charge is 0.253 e. The van der Waals surface area contributed by atoms with Crippen molar-refractivity contribution in [3.63, 3.8) is 0 Å². The second-order valence-electron chi connectivity index (χ2n) is 7.91. The summed E-state index contributed by atoms with van der Waals surface area (Å²) in [4.78, 5) is 15.0. The van der Waals surface area contributed by atoms with Gasteiger partial charge in [-0.05, 0) is 54.3 Å². The summed E-state index contributed by atoms with van der Waals surface area (Å²) in [6.45, 7) is 5.04. The highest BCUT2D eigenvalue weighted by Crippen LogP contribution is 2.24. The molecule has 0 spiro atoms. The van der Waals surface area contributed by atoms with E-state index in [2.05, 4.69) is 0 Å². The topological polar surface area (TPSA) is 57.7 Å². The number of piperazine rings is 1. The fourth-order valence-electron chi connectivity index (χ4n) is 3.87. The summed E-state index contributed by atoms with van der Waals surface area (Å²) in [5.41, 5.74) is 4.43. The Morgan fingerprint density at radius 1 is 0.774 bits per heavy atom. The molecule has 0 aliphatic carbocycles. The zero-order chi connectivity index (χ0) is 22.0. The monoisotopic (exact) mass is 434 g/mol. The Morgan fingerprint density at radius 2 is 1.39 bits per heavy atom. The number of amides is 1. The van der Waals surface area contributed by atoms with E-state index in [-0.39, 0.29) is 5.91 Å². The average molecular weight is 435 g/mol. The molecule has 0 N–H and O–H groups in total. The number of hydrogen-bond donors (Lipinski definition) is 0. The van der Waals surface area contributed by atoms with Crippen molar-refractivity contribution >= 4 is 15.9 Å². The maximum atomic E-state index is 13.1. The highest BCUT2D eigenvalue weighted by Gasteiger charge is 2.31. The fraction of sp³-hybridized carbons (Fsp3) is 0.240. The standard InChI is InChI=1S/C25H26N2O3S/c1-19-8-9-20(2)24(18-19)31(29,30)27-16-14-26(15-17-27)25(28)23-12-10-22(11-13-23)21-6-4-3-5-7-21/h3-13,18H,14-17H2,1-2H3. The summed E-state index contributed by atoms with van der Waals surface area (Å²) < 4.78 is 27.7. The summed E-state index contributed by atoms with van der Waals surface area (Å²) in [6.07, 6.45) is 0. The number of rotatable bonds is 4. The lowest BCUT2D eigenvalue weighted by Crippen LogP contribution is -2.50. The molecule has 0 saturated carbocycles. The van der Waals surface area contributed by atoms with Crippen LogP contribution in [0.15, 0.2) is 77.7 Å². The molecule has 0 radical (unpaired) electrons. The van der Waals surface area contributed by atoms with E-state index in [4.69, 9.17) is 0 Å². The Labute approximate surface area is 184 Å². The molecular weight excluding hydrogens is 408 g/mol. The minimum atomic E-state index is -3.57. The van der Waals surface area contributed by atoms with Crippen molar-refractivity contribution in [1.82, 2.24) is 9.21 Å². The quantitative estimate of drug-likeness (QED) is 0.621. The Balaban J connectivity index is 1.44. The fourth-order valence-corrected chi connectivity index (χ4v) is 5.61. The lowest BCUT2D eigenvalue weighted by atomic mass is 10.0. The molecule has 0 aromatic heterocycles. The molecule has 6 heteroatoms. The van der Waals surface area contributed by atoms with Crippen LogP contribution in [-0.4, -0.2) is 49.7 Å². The SMILES string of the molecule is Cc1ccc(C)c(S(=O)(=O)N2CCN(C(=O)c3ccc(-c4ccccc4)cc3)CC2)c1. The normalized spacial score (nSPS) is 15.1. The zero-order valence-corrected chi connectivity index (χ0v) is 18.6. The van der Waals surface area contributed by atoms with Crippen LogP contribution in [0.1, 0.15) is 21.5 Å². The lowest BCUT2D eigenvalue weighted by Gasteiger charge is -2.34. The van der Waals surface area contributed by atoms with Crippen molar-refractivity contribution in [2.45, 2.75) is 18.7 Å². The third-order valence-corrected chi connectivity index (χ3v) is 7.77. The first-order valence-electron chi connectivity index (χ1n) is 10.4. The molecule has 0 bridgehead atoms. The third-order valence-electron chi connectivity index (χ3n) is 5.73. The van der Waals surface area contributed by atoms with E-state index in [1.54, 1.807) is 11.0 Å². The van der Waals surface area contributed by atoms with Crippen LogP contribution in [-0.2, 0) is 10.0 Å². The van der Waals surface area contributed by atoms with E-state index in [1.807, 2.05) is 80.6 Å². The van der Waals surface area contributed by atoms with E-state index in [0.29, 0.717) is 36.6 Å². The van der Waals surface area contributed by atoms with Crippen LogP contribution in [0.25, 0.3) is 11.1 Å². The highest BCUT2D eigenvalue weighted by molar-refractivity contribution is 7.89. The summed E-state index contributed by atoms with van der Waals surface area (Å²) >= 11 is 0. The highest BCUT2D eigenvalue weighted by atomic mass is 32.2. The van der Waals surface area contributed by atoms with Crippen LogP contribution >= 0.6 is 0 Å². The van der Waals surface area contributed by atoms with Gasteiger partial charge in [0.15, 0.2) is 0 Å². The third kappa shape index (κ3) is 4.40. The molecule has 31 heavy (non-hydrogen) atoms. The first-order chi connectivity index (χ1) is 14.9. The predicted molar refractivity (Wildman–Crippen MR) is 122 cm³/mol. The van der Waals surface area contributed by atoms with Gasteiger partial charge in [0.25, 0.3) is 5.91 Å². The number of aryl methyl sites for hydroxylation is 2. The molecule has 4 rings (SSSR count). The van der Waals surface area contributed by atoms with Gasteiger partial charge in [-0.25, -0.2) is 8.42 Å². The van der Waals surface area contributed by atoms with E-state index >= 15 is 0 Å². The molecule has 1 aliphatic heterocycles. The van der Waals surface area contributed by atoms with Crippen LogP contribution in [0.2, 0.25) is 0 Å². The first kappa shape index (κ1) is 21.3. The number of benzene rings is 3. The molecule has 1 amide bonds. The van der Waals surface area contributed by atoms with E-state index in [0.717, 1.165) is 22.3 Å². The van der Waals surface area contributed by atoms with Crippen LogP contribution < -0.4 is 0 Å². The molecular formula is C25H26N2O3S. The van der Waals surface area contributed by atoms with Gasteiger partial charge in [0.05, 0.1) is 4.90 Å². The van der Waals surface area contributed by atoms with E-state index in [9.17, 15) is 13.2 Å². The molecule has 160 valence electrons. The summed E-state index contributed by atoms with van der Waals surface area (Å²) in [5, 5.41) is 0. The molecule has 1 heterocycles. The lowest BCUT2D eigenvalue weighted by molar-refractivity contribution is 0.0698. The van der Waals surface area contributed by atoms with Gasteiger partial charge < -0.3 is 4.90 Å². The van der Waals surface area contributed by atoms with Crippen LogP contribution in [0.3, 0.4) is 0 Å². The molecule has 0 unspecified atom stereocenters. The number of nitrogens with zero attached hydrogens (tertiary/aromatic N) is 2. The van der Waals surface area contributed by atoms with Gasteiger partial charge in [0.2, 0.25) is 10.0 Å². The molecule has 3 aromatic carbocycles. The molecule has 0 atom stereocenters. The van der Waals surface area contributed by atoms with Crippen molar-refractivity contribution in [3.8, 4) is 11.1 Å². The maximum absolute atomic E-state index is 13.1. The Kier molecular flexibility index (Phi) is 5.94. The average Bonchev–Trinajstić information content (AvgIpc) is 2.81. The summed E-state index contributed by atoms with van der Waals surface area (Å²) in [5.74, 6) is -0.0663. The Morgan fingerprint density at radius 3 is 2.03 bits per heavy atom. The van der Waals surface area contributed by atoms with Crippen molar-refractivity contribution in [3.05, 3.63) is 89.5 Å². The molecule has 5 nitrogen and oxygen atoms in total. The minimum Gasteiger partial charge on any atom is -0.336 e. The van der Waals surface area contributed by atoms with Gasteiger partial charge in [-0.3, -0.25) is 4.79 Å². The van der Waals surface area contributed by atoms with E-state index in [1.165, 1.54) is 4.31 Å².